The number of aromatic nitrogens is 3. The van der Waals surface area contributed by atoms with Crippen LogP contribution in [0, 0.1) is 17.0 Å². The fraction of sp³-hybridized carbons (Fsp3) is 0.0952. The average Bonchev–Trinajstić information content (AvgIpc) is 3.35. The van der Waals surface area contributed by atoms with Crippen molar-refractivity contribution >= 4 is 46.2 Å². The second-order valence-electron chi connectivity index (χ2n) is 6.84. The summed E-state index contributed by atoms with van der Waals surface area (Å²) < 4.78 is 1.26. The molecule has 0 unspecified atom stereocenters. The molecular formula is C21H14Cl2N4O4S. The van der Waals surface area contributed by atoms with Crippen LogP contribution in [0.4, 0.5) is 5.69 Å². The smallest absolute Gasteiger partial charge is 0.355 e. The summed E-state index contributed by atoms with van der Waals surface area (Å²) in [5.41, 5.74) is 2.39. The molecule has 8 nitrogen and oxygen atoms in total. The molecule has 2 aromatic carbocycles. The van der Waals surface area contributed by atoms with Crippen molar-refractivity contribution in [2.75, 3.05) is 0 Å². The number of para-hydroxylation sites is 1. The zero-order valence-electron chi connectivity index (χ0n) is 16.5. The number of halogens is 2. The monoisotopic (exact) mass is 488 g/mol. The Kier molecular flexibility index (Phi) is 5.96. The summed E-state index contributed by atoms with van der Waals surface area (Å²) in [5, 5.41) is 28.6. The number of carboxylic acids is 1. The van der Waals surface area contributed by atoms with Gasteiger partial charge in [0, 0.05) is 34.6 Å². The predicted molar refractivity (Wildman–Crippen MR) is 122 cm³/mol. The van der Waals surface area contributed by atoms with E-state index in [-0.39, 0.29) is 17.8 Å². The van der Waals surface area contributed by atoms with Gasteiger partial charge in [0.25, 0.3) is 5.69 Å². The number of carbonyl (C=O) groups is 1. The average molecular weight is 489 g/mol. The van der Waals surface area contributed by atoms with Crippen LogP contribution >= 0.6 is 34.5 Å². The molecule has 0 atom stereocenters. The van der Waals surface area contributed by atoms with Crippen molar-refractivity contribution in [3.63, 3.8) is 0 Å². The van der Waals surface area contributed by atoms with Gasteiger partial charge in [-0.25, -0.2) is 9.78 Å². The molecule has 1 N–H and O–H groups in total. The molecule has 162 valence electrons. The Morgan fingerprint density at radius 3 is 2.66 bits per heavy atom. The highest BCUT2D eigenvalue weighted by Crippen LogP contribution is 2.32. The molecule has 0 aliphatic rings. The van der Waals surface area contributed by atoms with Crippen LogP contribution in [0.15, 0.2) is 47.8 Å². The molecule has 2 heterocycles. The lowest BCUT2D eigenvalue weighted by molar-refractivity contribution is -0.385. The highest BCUT2D eigenvalue weighted by Gasteiger charge is 2.26. The summed E-state index contributed by atoms with van der Waals surface area (Å²) in [5.74, 6) is -1.20. The quantitative estimate of drug-likeness (QED) is 0.270. The van der Waals surface area contributed by atoms with Crippen LogP contribution in [0.5, 0.6) is 0 Å². The third kappa shape index (κ3) is 4.10. The molecule has 0 aliphatic carbocycles. The number of thiazole rings is 1. The topological polar surface area (TPSA) is 111 Å². The Balaban J connectivity index is 1.77. The van der Waals surface area contributed by atoms with E-state index in [9.17, 15) is 20.0 Å². The number of carboxylic acid groups (broad SMARTS) is 1. The first-order valence-corrected chi connectivity index (χ1v) is 10.8. The SMILES string of the molecule is Cc1nn(-c2nc(-c3ccc(Cl)c(Cl)c3)cs2)c(C(=O)O)c1Cc1ccccc1[N+](=O)[O-]. The molecular weight excluding hydrogens is 475 g/mol. The van der Waals surface area contributed by atoms with E-state index in [1.807, 2.05) is 0 Å². The zero-order valence-corrected chi connectivity index (χ0v) is 18.8. The van der Waals surface area contributed by atoms with Crippen molar-refractivity contribution in [2.24, 2.45) is 0 Å². The number of aromatic carboxylic acids is 1. The third-order valence-corrected chi connectivity index (χ3v) is 6.39. The second-order valence-corrected chi connectivity index (χ2v) is 8.49. The number of rotatable bonds is 6. The van der Waals surface area contributed by atoms with Crippen molar-refractivity contribution in [1.82, 2.24) is 14.8 Å². The number of aryl methyl sites for hydroxylation is 1. The molecule has 0 bridgehead atoms. The Hall–Kier alpha value is -3.27. The minimum absolute atomic E-state index is 0.0512. The molecule has 0 amide bonds. The van der Waals surface area contributed by atoms with E-state index < -0.39 is 10.9 Å². The third-order valence-electron chi connectivity index (χ3n) is 4.83. The number of nitro groups is 1. The number of hydrogen-bond donors (Lipinski definition) is 1. The first-order valence-electron chi connectivity index (χ1n) is 9.21. The molecule has 0 saturated heterocycles. The maximum absolute atomic E-state index is 12.1. The highest BCUT2D eigenvalue weighted by atomic mass is 35.5. The molecule has 0 spiro atoms. The van der Waals surface area contributed by atoms with Gasteiger partial charge in [0.2, 0.25) is 5.13 Å². The van der Waals surface area contributed by atoms with E-state index in [4.69, 9.17) is 23.2 Å². The van der Waals surface area contributed by atoms with Crippen LogP contribution in [0.3, 0.4) is 0 Å². The predicted octanol–water partition coefficient (Wildman–Crippen LogP) is 5.81. The summed E-state index contributed by atoms with van der Waals surface area (Å²) in [6, 6.07) is 11.3. The van der Waals surface area contributed by atoms with Gasteiger partial charge in [-0.05, 0) is 19.1 Å². The largest absolute Gasteiger partial charge is 0.476 e. The summed E-state index contributed by atoms with van der Waals surface area (Å²) >= 11 is 13.3. The van der Waals surface area contributed by atoms with Gasteiger partial charge in [-0.1, -0.05) is 47.5 Å². The maximum Gasteiger partial charge on any atom is 0.355 e. The maximum atomic E-state index is 12.1. The molecule has 0 saturated carbocycles. The number of benzene rings is 2. The lowest BCUT2D eigenvalue weighted by atomic mass is 10.0. The summed E-state index contributed by atoms with van der Waals surface area (Å²) in [6.07, 6.45) is 0.0512. The van der Waals surface area contributed by atoms with Gasteiger partial charge in [-0.2, -0.15) is 9.78 Å². The van der Waals surface area contributed by atoms with E-state index in [1.165, 1.54) is 22.1 Å². The summed E-state index contributed by atoms with van der Waals surface area (Å²) in [6.45, 7) is 1.67. The van der Waals surface area contributed by atoms with Crippen molar-refractivity contribution in [3.05, 3.63) is 90.5 Å². The molecule has 4 rings (SSSR count). The lowest BCUT2D eigenvalue weighted by Gasteiger charge is -2.05. The number of hydrogen-bond acceptors (Lipinski definition) is 6. The minimum atomic E-state index is -1.20. The Labute approximate surface area is 195 Å². The molecule has 0 radical (unpaired) electrons. The standard InChI is InChI=1S/C21H14Cl2N4O4S/c1-11-14(8-13-4-2-3-5-18(13)27(30)31)19(20(28)29)26(25-11)21-24-17(10-32-21)12-6-7-15(22)16(23)9-12/h2-7,9-10H,8H2,1H3,(H,28,29). The van der Waals surface area contributed by atoms with Gasteiger partial charge in [0.15, 0.2) is 5.69 Å². The van der Waals surface area contributed by atoms with Crippen molar-refractivity contribution in [3.8, 4) is 16.4 Å². The number of nitrogens with zero attached hydrogens (tertiary/aromatic N) is 4. The van der Waals surface area contributed by atoms with E-state index in [1.54, 1.807) is 48.7 Å². The van der Waals surface area contributed by atoms with Crippen LogP contribution in [0.25, 0.3) is 16.4 Å². The Morgan fingerprint density at radius 2 is 1.97 bits per heavy atom. The van der Waals surface area contributed by atoms with Crippen molar-refractivity contribution < 1.29 is 14.8 Å². The van der Waals surface area contributed by atoms with E-state index in [2.05, 4.69) is 10.1 Å². The van der Waals surface area contributed by atoms with Gasteiger partial charge in [0.1, 0.15) is 0 Å². The molecule has 11 heteroatoms. The normalized spacial score (nSPS) is 11.0. The van der Waals surface area contributed by atoms with Gasteiger partial charge >= 0.3 is 5.97 Å². The number of nitro benzene ring substituents is 1. The Bertz CT molecular complexity index is 1370. The first-order chi connectivity index (χ1) is 15.3. The van der Waals surface area contributed by atoms with Crippen LogP contribution < -0.4 is 0 Å². The van der Waals surface area contributed by atoms with Crippen LogP contribution in [-0.2, 0) is 6.42 Å². The van der Waals surface area contributed by atoms with E-state index in [0.29, 0.717) is 37.7 Å². The molecule has 32 heavy (non-hydrogen) atoms. The fourth-order valence-corrected chi connectivity index (χ4v) is 4.39. The fourth-order valence-electron chi connectivity index (χ4n) is 3.31. The van der Waals surface area contributed by atoms with Gasteiger partial charge in [-0.15, -0.1) is 11.3 Å². The molecule has 0 aliphatic heterocycles. The molecule has 0 fully saturated rings. The van der Waals surface area contributed by atoms with Crippen molar-refractivity contribution in [2.45, 2.75) is 13.3 Å². The van der Waals surface area contributed by atoms with Crippen LogP contribution in [0.1, 0.15) is 27.3 Å². The summed E-state index contributed by atoms with van der Waals surface area (Å²) in [7, 11) is 0. The summed E-state index contributed by atoms with van der Waals surface area (Å²) in [4.78, 5) is 27.5. The highest BCUT2D eigenvalue weighted by molar-refractivity contribution is 7.12. The van der Waals surface area contributed by atoms with E-state index in [0.717, 1.165) is 5.56 Å². The second kappa shape index (κ2) is 8.70. The van der Waals surface area contributed by atoms with Crippen LogP contribution in [0.2, 0.25) is 10.0 Å². The van der Waals surface area contributed by atoms with Crippen molar-refractivity contribution in [1.29, 1.82) is 0 Å². The van der Waals surface area contributed by atoms with Crippen LogP contribution in [-0.4, -0.2) is 30.8 Å². The van der Waals surface area contributed by atoms with Gasteiger partial charge < -0.3 is 5.11 Å². The zero-order chi connectivity index (χ0) is 23.0. The minimum Gasteiger partial charge on any atom is -0.476 e. The molecule has 4 aromatic rings. The molecule has 2 aromatic heterocycles. The van der Waals surface area contributed by atoms with Gasteiger partial charge in [-0.3, -0.25) is 10.1 Å². The lowest BCUT2D eigenvalue weighted by Crippen LogP contribution is -2.10. The first kappa shape index (κ1) is 21.9. The Morgan fingerprint density at radius 1 is 1.22 bits per heavy atom. The van der Waals surface area contributed by atoms with Gasteiger partial charge in [0.05, 0.1) is 26.4 Å². The van der Waals surface area contributed by atoms with E-state index >= 15 is 0 Å².